The molecule has 1 fully saturated rings. The molecule has 0 N–H and O–H groups in total. The number of carbonyl (C=O) groups is 1. The molecule has 0 aromatic heterocycles. The second-order valence-electron chi connectivity index (χ2n) is 5.25. The van der Waals surface area contributed by atoms with Crippen LogP contribution in [0.15, 0.2) is 0 Å². The third kappa shape index (κ3) is 3.43. The first-order valence-electron chi connectivity index (χ1n) is 5.86. The van der Waals surface area contributed by atoms with Crippen LogP contribution in [0, 0.1) is 0 Å². The van der Waals surface area contributed by atoms with Crippen molar-refractivity contribution in [3.63, 3.8) is 0 Å². The molecule has 7 heteroatoms. The maximum Gasteiger partial charge on any atom is 0.308 e. The van der Waals surface area contributed by atoms with E-state index in [4.69, 9.17) is 4.74 Å². The van der Waals surface area contributed by atoms with Gasteiger partial charge < -0.3 is 9.47 Å². The number of esters is 1. The minimum absolute atomic E-state index is 0.0761. The van der Waals surface area contributed by atoms with Crippen molar-refractivity contribution in [3.8, 4) is 0 Å². The molecule has 18 heavy (non-hydrogen) atoms. The van der Waals surface area contributed by atoms with Crippen LogP contribution >= 0.6 is 0 Å². The van der Waals surface area contributed by atoms with Crippen molar-refractivity contribution in [3.05, 3.63) is 0 Å². The summed E-state index contributed by atoms with van der Waals surface area (Å²) in [6, 6.07) is 0. The van der Waals surface area contributed by atoms with E-state index in [0.717, 1.165) is 0 Å². The molecule has 0 spiro atoms. The Labute approximate surface area is 108 Å². The smallest absolute Gasteiger partial charge is 0.308 e. The fourth-order valence-corrected chi connectivity index (χ4v) is 3.14. The molecule has 1 atom stereocenters. The molecule has 0 aromatic rings. The number of morpholine rings is 1. The predicted molar refractivity (Wildman–Crippen MR) is 66.6 cm³/mol. The Hall–Kier alpha value is -0.660. The van der Waals surface area contributed by atoms with E-state index in [1.54, 1.807) is 20.8 Å². The molecular weight excluding hydrogens is 258 g/mol. The van der Waals surface area contributed by atoms with Gasteiger partial charge in [-0.15, -0.1) is 0 Å². The molecule has 1 heterocycles. The van der Waals surface area contributed by atoms with Crippen molar-refractivity contribution in [2.45, 2.75) is 38.0 Å². The summed E-state index contributed by atoms with van der Waals surface area (Å²) < 4.78 is 35.0. The minimum Gasteiger partial charge on any atom is -0.469 e. The first kappa shape index (κ1) is 15.4. The third-order valence-electron chi connectivity index (χ3n) is 2.84. The Kier molecular flexibility index (Phi) is 4.74. The van der Waals surface area contributed by atoms with E-state index in [-0.39, 0.29) is 13.0 Å². The Bertz CT molecular complexity index is 398. The summed E-state index contributed by atoms with van der Waals surface area (Å²) >= 11 is 0. The number of sulfonamides is 1. The highest BCUT2D eigenvalue weighted by Crippen LogP contribution is 2.23. The van der Waals surface area contributed by atoms with E-state index >= 15 is 0 Å². The molecule has 0 amide bonds. The summed E-state index contributed by atoms with van der Waals surface area (Å²) in [5, 5.41) is 0. The average Bonchev–Trinajstić information content (AvgIpc) is 2.27. The summed E-state index contributed by atoms with van der Waals surface area (Å²) in [6.45, 7) is 5.82. The molecule has 6 nitrogen and oxygen atoms in total. The topological polar surface area (TPSA) is 72.9 Å². The first-order chi connectivity index (χ1) is 8.18. The van der Waals surface area contributed by atoms with Gasteiger partial charge in [0.1, 0.15) is 0 Å². The van der Waals surface area contributed by atoms with Gasteiger partial charge in [0.2, 0.25) is 10.0 Å². The van der Waals surface area contributed by atoms with Gasteiger partial charge in [-0.1, -0.05) is 0 Å². The molecule has 106 valence electrons. The van der Waals surface area contributed by atoms with Gasteiger partial charge in [0.25, 0.3) is 0 Å². The lowest BCUT2D eigenvalue weighted by molar-refractivity contribution is -0.145. The SMILES string of the molecule is COC(=O)CC1CN(S(=O)(=O)C(C)(C)C)CCO1. The van der Waals surface area contributed by atoms with E-state index in [1.807, 2.05) is 0 Å². The highest BCUT2D eigenvalue weighted by atomic mass is 32.2. The largest absolute Gasteiger partial charge is 0.469 e. The average molecular weight is 279 g/mol. The second kappa shape index (κ2) is 5.54. The molecule has 0 aromatic carbocycles. The van der Waals surface area contributed by atoms with Crippen LogP contribution in [0.5, 0.6) is 0 Å². The molecular formula is C11H21NO5S. The van der Waals surface area contributed by atoms with Crippen molar-refractivity contribution in [1.29, 1.82) is 0 Å². The number of hydrogen-bond acceptors (Lipinski definition) is 5. The van der Waals surface area contributed by atoms with Gasteiger partial charge in [0.05, 0.1) is 31.0 Å². The lowest BCUT2D eigenvalue weighted by Crippen LogP contribution is -2.51. The highest BCUT2D eigenvalue weighted by Gasteiger charge is 2.38. The molecule has 1 saturated heterocycles. The van der Waals surface area contributed by atoms with Crippen LogP contribution in [0.1, 0.15) is 27.2 Å². The highest BCUT2D eigenvalue weighted by molar-refractivity contribution is 7.90. The van der Waals surface area contributed by atoms with Gasteiger partial charge in [-0.3, -0.25) is 4.79 Å². The Morgan fingerprint density at radius 2 is 2.06 bits per heavy atom. The number of rotatable bonds is 3. The number of hydrogen-bond donors (Lipinski definition) is 0. The summed E-state index contributed by atoms with van der Waals surface area (Å²) in [4.78, 5) is 11.2. The molecule has 0 saturated carbocycles. The van der Waals surface area contributed by atoms with Crippen LogP contribution in [0.25, 0.3) is 0 Å². The van der Waals surface area contributed by atoms with E-state index in [1.165, 1.54) is 11.4 Å². The molecule has 0 radical (unpaired) electrons. The van der Waals surface area contributed by atoms with Crippen LogP contribution in [0.2, 0.25) is 0 Å². The van der Waals surface area contributed by atoms with E-state index in [0.29, 0.717) is 13.2 Å². The van der Waals surface area contributed by atoms with Gasteiger partial charge in [-0.05, 0) is 20.8 Å². The van der Waals surface area contributed by atoms with E-state index < -0.39 is 26.8 Å². The zero-order valence-electron chi connectivity index (χ0n) is 11.3. The fraction of sp³-hybridized carbons (Fsp3) is 0.909. The van der Waals surface area contributed by atoms with Crippen LogP contribution in [0.4, 0.5) is 0 Å². The summed E-state index contributed by atoms with van der Waals surface area (Å²) in [5.74, 6) is -0.394. The van der Waals surface area contributed by atoms with Gasteiger partial charge in [0, 0.05) is 13.1 Å². The van der Waals surface area contributed by atoms with Crippen molar-refractivity contribution in [2.75, 3.05) is 26.8 Å². The molecule has 0 bridgehead atoms. The monoisotopic (exact) mass is 279 g/mol. The van der Waals surface area contributed by atoms with Crippen molar-refractivity contribution in [1.82, 2.24) is 4.31 Å². The van der Waals surface area contributed by atoms with Crippen molar-refractivity contribution in [2.24, 2.45) is 0 Å². The maximum atomic E-state index is 12.3. The molecule has 1 unspecified atom stereocenters. The molecule has 1 rings (SSSR count). The quantitative estimate of drug-likeness (QED) is 0.698. The number of nitrogens with zero attached hydrogens (tertiary/aromatic N) is 1. The summed E-state index contributed by atoms with van der Waals surface area (Å²) in [7, 11) is -2.07. The fourth-order valence-electron chi connectivity index (χ4n) is 1.69. The van der Waals surface area contributed by atoms with Gasteiger partial charge >= 0.3 is 5.97 Å². The van der Waals surface area contributed by atoms with E-state index in [9.17, 15) is 13.2 Å². The van der Waals surface area contributed by atoms with Crippen molar-refractivity contribution >= 4 is 16.0 Å². The third-order valence-corrected chi connectivity index (χ3v) is 5.40. The maximum absolute atomic E-state index is 12.3. The molecule has 1 aliphatic heterocycles. The zero-order valence-corrected chi connectivity index (χ0v) is 12.1. The minimum atomic E-state index is -3.37. The normalized spacial score (nSPS) is 22.8. The van der Waals surface area contributed by atoms with Crippen LogP contribution in [-0.4, -0.2) is 56.3 Å². The molecule has 1 aliphatic rings. The molecule has 0 aliphatic carbocycles. The Morgan fingerprint density at radius 1 is 1.44 bits per heavy atom. The zero-order chi connectivity index (χ0) is 14.0. The van der Waals surface area contributed by atoms with Gasteiger partial charge in [0.15, 0.2) is 0 Å². The Morgan fingerprint density at radius 3 is 2.56 bits per heavy atom. The predicted octanol–water partition coefficient (Wildman–Crippen LogP) is 0.379. The number of carbonyl (C=O) groups excluding carboxylic acids is 1. The van der Waals surface area contributed by atoms with Crippen LogP contribution in [-0.2, 0) is 24.3 Å². The lowest BCUT2D eigenvalue weighted by Gasteiger charge is -2.35. The summed E-state index contributed by atoms with van der Waals surface area (Å²) in [5.41, 5.74) is 0. The van der Waals surface area contributed by atoms with Crippen molar-refractivity contribution < 1.29 is 22.7 Å². The summed E-state index contributed by atoms with van der Waals surface area (Å²) in [6.07, 6.45) is -0.351. The second-order valence-corrected chi connectivity index (χ2v) is 7.94. The van der Waals surface area contributed by atoms with Crippen LogP contribution in [0.3, 0.4) is 0 Å². The number of methoxy groups -OCH3 is 1. The lowest BCUT2D eigenvalue weighted by atomic mass is 10.2. The standard InChI is InChI=1S/C11H21NO5S/c1-11(2,3)18(14,15)12-5-6-17-9(8-12)7-10(13)16-4/h9H,5-8H2,1-4H3. The van der Waals surface area contributed by atoms with Gasteiger partial charge in [-0.2, -0.15) is 4.31 Å². The number of ether oxygens (including phenoxy) is 2. The van der Waals surface area contributed by atoms with E-state index in [2.05, 4.69) is 4.74 Å². The van der Waals surface area contributed by atoms with Gasteiger partial charge in [-0.25, -0.2) is 8.42 Å². The Balaban J connectivity index is 2.73. The van der Waals surface area contributed by atoms with Crippen LogP contribution < -0.4 is 0 Å². The first-order valence-corrected chi connectivity index (χ1v) is 7.30.